The summed E-state index contributed by atoms with van der Waals surface area (Å²) in [6.07, 6.45) is 3.82. The number of aromatic nitrogens is 2. The van der Waals surface area contributed by atoms with Crippen molar-refractivity contribution in [3.05, 3.63) is 95.9 Å². The number of nitrogens with zero attached hydrogens (tertiary/aromatic N) is 3. The van der Waals surface area contributed by atoms with Crippen LogP contribution in [0.25, 0.3) is 5.65 Å². The van der Waals surface area contributed by atoms with Gasteiger partial charge in [-0.1, -0.05) is 18.2 Å². The lowest BCUT2D eigenvalue weighted by Gasteiger charge is -2.11. The van der Waals surface area contributed by atoms with Gasteiger partial charge in [-0.2, -0.15) is 5.26 Å². The van der Waals surface area contributed by atoms with Crippen molar-refractivity contribution in [3.8, 4) is 11.8 Å². The van der Waals surface area contributed by atoms with Gasteiger partial charge in [0.15, 0.2) is 0 Å². The van der Waals surface area contributed by atoms with Crippen LogP contribution in [-0.4, -0.2) is 15.3 Å². The molecule has 6 heteroatoms. The van der Waals surface area contributed by atoms with Gasteiger partial charge in [-0.15, -0.1) is 0 Å². The number of pyridine rings is 1. The molecule has 2 heterocycles. The lowest BCUT2D eigenvalue weighted by molar-refractivity contribution is 0.102. The third-order valence-electron chi connectivity index (χ3n) is 4.19. The molecule has 2 aromatic carbocycles. The Labute approximate surface area is 161 Å². The number of para-hydroxylation sites is 1. The summed E-state index contributed by atoms with van der Waals surface area (Å²) in [6.45, 7) is 0.253. The molecular formula is C22H16N4O2. The predicted octanol–water partition coefficient (Wildman–Crippen LogP) is 4.04. The van der Waals surface area contributed by atoms with E-state index in [1.807, 2.05) is 47.1 Å². The molecule has 0 bridgehead atoms. The summed E-state index contributed by atoms with van der Waals surface area (Å²) in [6, 6.07) is 21.6. The summed E-state index contributed by atoms with van der Waals surface area (Å²) in [4.78, 5) is 17.2. The van der Waals surface area contributed by atoms with Crippen LogP contribution in [0.2, 0.25) is 0 Å². The second-order valence-corrected chi connectivity index (χ2v) is 6.13. The van der Waals surface area contributed by atoms with Crippen LogP contribution < -0.4 is 10.1 Å². The molecule has 0 saturated carbocycles. The van der Waals surface area contributed by atoms with Gasteiger partial charge in [-0.05, 0) is 48.5 Å². The van der Waals surface area contributed by atoms with Crippen molar-refractivity contribution < 1.29 is 9.53 Å². The molecule has 1 amide bonds. The highest BCUT2D eigenvalue weighted by atomic mass is 16.5. The number of anilines is 1. The monoisotopic (exact) mass is 368 g/mol. The van der Waals surface area contributed by atoms with Crippen molar-refractivity contribution in [1.29, 1.82) is 5.26 Å². The van der Waals surface area contributed by atoms with Crippen LogP contribution in [0.5, 0.6) is 5.75 Å². The minimum Gasteiger partial charge on any atom is -0.486 e. The summed E-state index contributed by atoms with van der Waals surface area (Å²) in [5.74, 6) is 0.195. The first-order valence-corrected chi connectivity index (χ1v) is 8.69. The second kappa shape index (κ2) is 7.64. The number of hydrogen-bond donors (Lipinski definition) is 1. The smallest absolute Gasteiger partial charge is 0.259 e. The zero-order valence-corrected chi connectivity index (χ0v) is 14.9. The number of benzene rings is 2. The Morgan fingerprint density at radius 1 is 1.07 bits per heavy atom. The first-order valence-electron chi connectivity index (χ1n) is 8.69. The van der Waals surface area contributed by atoms with Gasteiger partial charge in [0.05, 0.1) is 22.9 Å². The van der Waals surface area contributed by atoms with Crippen LogP contribution in [0.3, 0.4) is 0 Å². The maximum Gasteiger partial charge on any atom is 0.259 e. The molecule has 0 unspecified atom stereocenters. The molecule has 1 N–H and O–H groups in total. The Morgan fingerprint density at radius 2 is 1.86 bits per heavy atom. The molecule has 4 rings (SSSR count). The number of ether oxygens (including phenoxy) is 1. The van der Waals surface area contributed by atoms with Gasteiger partial charge >= 0.3 is 0 Å². The van der Waals surface area contributed by atoms with Gasteiger partial charge in [0.25, 0.3) is 5.91 Å². The lowest BCUT2D eigenvalue weighted by Crippen LogP contribution is -2.13. The standard InChI is InChI=1S/C22H16N4O2/c23-13-16-8-10-17(11-9-16)25-22(27)19-5-1-2-6-20(19)28-15-18-14-26-12-4-3-7-21(26)24-18/h1-12,14H,15H2,(H,25,27). The normalized spacial score (nSPS) is 10.4. The Kier molecular flexibility index (Phi) is 4.72. The fourth-order valence-electron chi connectivity index (χ4n) is 2.82. The van der Waals surface area contributed by atoms with Gasteiger partial charge < -0.3 is 14.5 Å². The summed E-state index contributed by atoms with van der Waals surface area (Å²) in [5.41, 5.74) is 3.19. The summed E-state index contributed by atoms with van der Waals surface area (Å²) in [5, 5.41) is 11.7. The molecule has 28 heavy (non-hydrogen) atoms. The minimum atomic E-state index is -0.282. The van der Waals surface area contributed by atoms with Crippen LogP contribution in [0, 0.1) is 11.3 Å². The molecule has 0 aliphatic carbocycles. The van der Waals surface area contributed by atoms with Gasteiger partial charge in [0.1, 0.15) is 18.0 Å². The van der Waals surface area contributed by atoms with E-state index >= 15 is 0 Å². The summed E-state index contributed by atoms with van der Waals surface area (Å²) >= 11 is 0. The van der Waals surface area contributed by atoms with E-state index in [2.05, 4.69) is 10.3 Å². The quantitative estimate of drug-likeness (QED) is 0.577. The summed E-state index contributed by atoms with van der Waals surface area (Å²) in [7, 11) is 0. The zero-order chi connectivity index (χ0) is 19.3. The predicted molar refractivity (Wildman–Crippen MR) is 105 cm³/mol. The number of carbonyl (C=O) groups excluding carboxylic acids is 1. The second-order valence-electron chi connectivity index (χ2n) is 6.13. The van der Waals surface area contributed by atoms with E-state index < -0.39 is 0 Å². The van der Waals surface area contributed by atoms with E-state index in [4.69, 9.17) is 10.00 Å². The molecule has 4 aromatic rings. The van der Waals surface area contributed by atoms with Crippen molar-refractivity contribution in [3.63, 3.8) is 0 Å². The minimum absolute atomic E-state index is 0.253. The first kappa shape index (κ1) is 17.3. The van der Waals surface area contributed by atoms with E-state index in [1.165, 1.54) is 0 Å². The molecule has 0 spiro atoms. The SMILES string of the molecule is N#Cc1ccc(NC(=O)c2ccccc2OCc2cn3ccccc3n2)cc1. The van der Waals surface area contributed by atoms with Crippen LogP contribution in [0.4, 0.5) is 5.69 Å². The lowest BCUT2D eigenvalue weighted by atomic mass is 10.1. The van der Waals surface area contributed by atoms with Crippen LogP contribution in [0.1, 0.15) is 21.6 Å². The molecule has 0 aliphatic heterocycles. The molecule has 0 atom stereocenters. The van der Waals surface area contributed by atoms with Gasteiger partial charge in [0.2, 0.25) is 0 Å². The number of fused-ring (bicyclic) bond motifs is 1. The van der Waals surface area contributed by atoms with E-state index in [-0.39, 0.29) is 12.5 Å². The summed E-state index contributed by atoms with van der Waals surface area (Å²) < 4.78 is 7.79. The fourth-order valence-corrected chi connectivity index (χ4v) is 2.82. The van der Waals surface area contributed by atoms with Gasteiger partial charge in [-0.3, -0.25) is 4.79 Å². The molecule has 136 valence electrons. The van der Waals surface area contributed by atoms with Crippen molar-refractivity contribution in [2.45, 2.75) is 6.61 Å². The van der Waals surface area contributed by atoms with Gasteiger partial charge in [0, 0.05) is 18.1 Å². The number of rotatable bonds is 5. The average molecular weight is 368 g/mol. The number of carbonyl (C=O) groups is 1. The Morgan fingerprint density at radius 3 is 2.64 bits per heavy atom. The highest BCUT2D eigenvalue weighted by Crippen LogP contribution is 2.21. The number of hydrogen-bond acceptors (Lipinski definition) is 4. The van der Waals surface area contributed by atoms with Crippen molar-refractivity contribution >= 4 is 17.2 Å². The van der Waals surface area contributed by atoms with Crippen LogP contribution >= 0.6 is 0 Å². The topological polar surface area (TPSA) is 79.4 Å². The molecule has 0 saturated heterocycles. The largest absolute Gasteiger partial charge is 0.486 e. The Balaban J connectivity index is 1.49. The molecule has 6 nitrogen and oxygen atoms in total. The van der Waals surface area contributed by atoms with Crippen LogP contribution in [0.15, 0.2) is 79.1 Å². The highest BCUT2D eigenvalue weighted by molar-refractivity contribution is 6.06. The van der Waals surface area contributed by atoms with Crippen molar-refractivity contribution in [2.24, 2.45) is 0 Å². The molecular weight excluding hydrogens is 352 g/mol. The average Bonchev–Trinajstić information content (AvgIpc) is 3.16. The fraction of sp³-hybridized carbons (Fsp3) is 0.0455. The number of nitriles is 1. The van der Waals surface area contributed by atoms with Crippen molar-refractivity contribution in [2.75, 3.05) is 5.32 Å². The Bertz CT molecular complexity index is 1140. The molecule has 0 fully saturated rings. The molecule has 0 aliphatic rings. The third kappa shape index (κ3) is 3.69. The van der Waals surface area contributed by atoms with E-state index in [0.717, 1.165) is 11.3 Å². The first-order chi connectivity index (χ1) is 13.7. The van der Waals surface area contributed by atoms with E-state index in [1.54, 1.807) is 42.5 Å². The van der Waals surface area contributed by atoms with Crippen LogP contribution in [-0.2, 0) is 6.61 Å². The van der Waals surface area contributed by atoms with Crippen molar-refractivity contribution in [1.82, 2.24) is 9.38 Å². The van der Waals surface area contributed by atoms with E-state index in [0.29, 0.717) is 22.6 Å². The number of amides is 1. The van der Waals surface area contributed by atoms with E-state index in [9.17, 15) is 4.79 Å². The number of imidazole rings is 1. The Hall–Kier alpha value is -4.11. The highest BCUT2D eigenvalue weighted by Gasteiger charge is 2.13. The maximum atomic E-state index is 12.7. The maximum absolute atomic E-state index is 12.7. The number of nitrogens with one attached hydrogen (secondary N) is 1. The third-order valence-corrected chi connectivity index (χ3v) is 4.19. The molecule has 2 aromatic heterocycles. The molecule has 0 radical (unpaired) electrons. The van der Waals surface area contributed by atoms with Gasteiger partial charge in [-0.25, -0.2) is 4.98 Å². The zero-order valence-electron chi connectivity index (χ0n) is 14.9.